The van der Waals surface area contributed by atoms with Crippen LogP contribution in [0.15, 0.2) is 24.5 Å². The molecule has 2 aromatic heterocycles. The van der Waals surface area contributed by atoms with E-state index < -0.39 is 0 Å². The van der Waals surface area contributed by atoms with E-state index in [0.29, 0.717) is 31.9 Å². The zero-order chi connectivity index (χ0) is 16.1. The van der Waals surface area contributed by atoms with E-state index in [-0.39, 0.29) is 18.3 Å². The van der Waals surface area contributed by atoms with E-state index >= 15 is 0 Å². The Bertz CT molecular complexity index is 662. The zero-order valence-electron chi connectivity index (χ0n) is 13.6. The largest absolute Gasteiger partial charge is 0.383 e. The Kier molecular flexibility index (Phi) is 6.72. The lowest BCUT2D eigenvalue weighted by Gasteiger charge is -2.22. The molecule has 3 rings (SSSR count). The Labute approximate surface area is 147 Å². The molecule has 0 bridgehead atoms. The minimum Gasteiger partial charge on any atom is -0.383 e. The molecule has 1 amide bonds. The average molecular weight is 352 g/mol. The Hall–Kier alpha value is -1.96. The van der Waals surface area contributed by atoms with Crippen molar-refractivity contribution in [2.75, 3.05) is 26.8 Å². The summed E-state index contributed by atoms with van der Waals surface area (Å²) in [5.41, 5.74) is 3.53. The van der Waals surface area contributed by atoms with Gasteiger partial charge < -0.3 is 15.0 Å². The SMILES string of the molecule is COCCN(Cc1cccnc1)C(=O)c1n[nH]c2c1CNCC2.Cl. The van der Waals surface area contributed by atoms with Gasteiger partial charge in [0.1, 0.15) is 0 Å². The fourth-order valence-electron chi connectivity index (χ4n) is 2.72. The standard InChI is InChI=1S/C16H21N5O2.ClH/c1-23-8-7-21(11-12-3-2-5-17-9-12)16(22)15-13-10-18-6-4-14(13)19-20-15;/h2-3,5,9,18H,4,6-8,10-11H2,1H3,(H,19,20);1H. The van der Waals surface area contributed by atoms with E-state index in [2.05, 4.69) is 20.5 Å². The Morgan fingerprint density at radius 1 is 1.46 bits per heavy atom. The van der Waals surface area contributed by atoms with Crippen molar-refractivity contribution in [2.45, 2.75) is 19.5 Å². The zero-order valence-corrected chi connectivity index (χ0v) is 14.4. The third-order valence-corrected chi connectivity index (χ3v) is 3.96. The van der Waals surface area contributed by atoms with Gasteiger partial charge in [0.25, 0.3) is 5.91 Å². The lowest BCUT2D eigenvalue weighted by Crippen LogP contribution is -2.35. The van der Waals surface area contributed by atoms with Crippen LogP contribution < -0.4 is 5.32 Å². The minimum absolute atomic E-state index is 0. The summed E-state index contributed by atoms with van der Waals surface area (Å²) >= 11 is 0. The second-order valence-corrected chi connectivity index (χ2v) is 5.54. The van der Waals surface area contributed by atoms with Gasteiger partial charge in [-0.2, -0.15) is 5.10 Å². The van der Waals surface area contributed by atoms with Crippen molar-refractivity contribution >= 4 is 18.3 Å². The summed E-state index contributed by atoms with van der Waals surface area (Å²) in [6.45, 7) is 3.07. The molecule has 1 aliphatic heterocycles. The summed E-state index contributed by atoms with van der Waals surface area (Å²) in [6, 6.07) is 3.83. The van der Waals surface area contributed by atoms with Crippen LogP contribution in [0.5, 0.6) is 0 Å². The number of carbonyl (C=O) groups excluding carboxylic acids is 1. The second-order valence-electron chi connectivity index (χ2n) is 5.54. The van der Waals surface area contributed by atoms with Gasteiger partial charge in [-0.15, -0.1) is 12.4 Å². The number of nitrogens with zero attached hydrogens (tertiary/aromatic N) is 3. The number of aromatic nitrogens is 3. The topological polar surface area (TPSA) is 83.1 Å². The number of nitrogens with one attached hydrogen (secondary N) is 2. The summed E-state index contributed by atoms with van der Waals surface area (Å²) < 4.78 is 5.14. The van der Waals surface area contributed by atoms with Gasteiger partial charge in [0.05, 0.1) is 6.61 Å². The first-order chi connectivity index (χ1) is 11.3. The van der Waals surface area contributed by atoms with E-state index in [1.54, 1.807) is 24.4 Å². The third-order valence-electron chi connectivity index (χ3n) is 3.96. The summed E-state index contributed by atoms with van der Waals surface area (Å²) in [7, 11) is 1.63. The molecule has 1 aliphatic rings. The number of rotatable bonds is 6. The third kappa shape index (κ3) is 4.11. The first kappa shape index (κ1) is 18.4. The van der Waals surface area contributed by atoms with Gasteiger partial charge >= 0.3 is 0 Å². The number of amides is 1. The number of hydrogen-bond donors (Lipinski definition) is 2. The molecule has 2 N–H and O–H groups in total. The van der Waals surface area contributed by atoms with Crippen LogP contribution in [0.4, 0.5) is 0 Å². The monoisotopic (exact) mass is 351 g/mol. The molecule has 0 spiro atoms. The van der Waals surface area contributed by atoms with Gasteiger partial charge in [0, 0.05) is 63.4 Å². The molecule has 3 heterocycles. The fourth-order valence-corrected chi connectivity index (χ4v) is 2.72. The molecule has 0 fully saturated rings. The first-order valence-electron chi connectivity index (χ1n) is 7.73. The lowest BCUT2D eigenvalue weighted by molar-refractivity contribution is 0.0673. The van der Waals surface area contributed by atoms with Crippen molar-refractivity contribution in [3.05, 3.63) is 47.0 Å². The lowest BCUT2D eigenvalue weighted by atomic mass is 10.1. The van der Waals surface area contributed by atoms with Gasteiger partial charge in [-0.1, -0.05) is 6.07 Å². The predicted molar refractivity (Wildman–Crippen MR) is 92.1 cm³/mol. The number of ether oxygens (including phenoxy) is 1. The number of hydrogen-bond acceptors (Lipinski definition) is 5. The normalized spacial score (nSPS) is 13.0. The number of halogens is 1. The van der Waals surface area contributed by atoms with Crippen LogP contribution >= 0.6 is 12.4 Å². The van der Waals surface area contributed by atoms with Gasteiger partial charge in [-0.05, 0) is 11.6 Å². The highest BCUT2D eigenvalue weighted by Crippen LogP contribution is 2.18. The van der Waals surface area contributed by atoms with Crippen LogP contribution in [-0.2, 0) is 24.2 Å². The highest BCUT2D eigenvalue weighted by Gasteiger charge is 2.25. The highest BCUT2D eigenvalue weighted by molar-refractivity contribution is 5.94. The number of pyridine rings is 1. The van der Waals surface area contributed by atoms with Crippen molar-refractivity contribution in [1.82, 2.24) is 25.4 Å². The maximum Gasteiger partial charge on any atom is 0.275 e. The summed E-state index contributed by atoms with van der Waals surface area (Å²) in [5.74, 6) is -0.0768. The highest BCUT2D eigenvalue weighted by atomic mass is 35.5. The number of fused-ring (bicyclic) bond motifs is 1. The number of carbonyl (C=O) groups is 1. The first-order valence-corrected chi connectivity index (χ1v) is 7.73. The van der Waals surface area contributed by atoms with Crippen LogP contribution in [0.3, 0.4) is 0 Å². The quantitative estimate of drug-likeness (QED) is 0.816. The fraction of sp³-hybridized carbons (Fsp3) is 0.438. The predicted octanol–water partition coefficient (Wildman–Crippen LogP) is 1.16. The van der Waals surface area contributed by atoms with E-state index in [4.69, 9.17) is 4.74 Å². The number of H-pyrrole nitrogens is 1. The van der Waals surface area contributed by atoms with E-state index in [9.17, 15) is 4.79 Å². The maximum absolute atomic E-state index is 12.9. The summed E-state index contributed by atoms with van der Waals surface area (Å²) in [5, 5.41) is 10.5. The molecule has 0 saturated heterocycles. The summed E-state index contributed by atoms with van der Waals surface area (Å²) in [4.78, 5) is 18.8. The van der Waals surface area contributed by atoms with E-state index in [1.807, 2.05) is 12.1 Å². The molecular weight excluding hydrogens is 330 g/mol. The van der Waals surface area contributed by atoms with E-state index in [0.717, 1.165) is 29.8 Å². The molecule has 7 nitrogen and oxygen atoms in total. The second kappa shape index (κ2) is 8.77. The van der Waals surface area contributed by atoms with Gasteiger partial charge in [-0.3, -0.25) is 14.9 Å². The molecule has 8 heteroatoms. The van der Waals surface area contributed by atoms with Crippen LogP contribution in [0.2, 0.25) is 0 Å². The maximum atomic E-state index is 12.9. The van der Waals surface area contributed by atoms with Crippen molar-refractivity contribution in [1.29, 1.82) is 0 Å². The van der Waals surface area contributed by atoms with Crippen molar-refractivity contribution < 1.29 is 9.53 Å². The molecular formula is C16H22ClN5O2. The van der Waals surface area contributed by atoms with Gasteiger partial charge in [0.15, 0.2) is 5.69 Å². The Morgan fingerprint density at radius 2 is 2.33 bits per heavy atom. The molecule has 24 heavy (non-hydrogen) atoms. The number of aromatic amines is 1. The molecule has 0 radical (unpaired) electrons. The van der Waals surface area contributed by atoms with Crippen LogP contribution in [0.1, 0.15) is 27.3 Å². The minimum atomic E-state index is -0.0768. The molecule has 130 valence electrons. The Morgan fingerprint density at radius 3 is 3.08 bits per heavy atom. The van der Waals surface area contributed by atoms with Crippen LogP contribution in [-0.4, -0.2) is 52.8 Å². The number of methoxy groups -OCH3 is 1. The molecule has 2 aromatic rings. The van der Waals surface area contributed by atoms with Crippen molar-refractivity contribution in [3.8, 4) is 0 Å². The molecule has 0 aliphatic carbocycles. The van der Waals surface area contributed by atoms with Crippen LogP contribution in [0, 0.1) is 0 Å². The average Bonchev–Trinajstić information content (AvgIpc) is 3.03. The van der Waals surface area contributed by atoms with Crippen LogP contribution in [0.25, 0.3) is 0 Å². The smallest absolute Gasteiger partial charge is 0.275 e. The Balaban J connectivity index is 0.00000208. The molecule has 0 aromatic carbocycles. The van der Waals surface area contributed by atoms with E-state index in [1.165, 1.54) is 0 Å². The molecule has 0 unspecified atom stereocenters. The molecule has 0 atom stereocenters. The molecule has 0 saturated carbocycles. The van der Waals surface area contributed by atoms with Crippen molar-refractivity contribution in [3.63, 3.8) is 0 Å². The summed E-state index contributed by atoms with van der Waals surface area (Å²) in [6.07, 6.45) is 4.37. The van der Waals surface area contributed by atoms with Crippen molar-refractivity contribution in [2.24, 2.45) is 0 Å². The van der Waals surface area contributed by atoms with Gasteiger partial charge in [-0.25, -0.2) is 0 Å². The van der Waals surface area contributed by atoms with Gasteiger partial charge in [0.2, 0.25) is 0 Å².